The molecule has 3 N–H and O–H groups in total. The lowest BCUT2D eigenvalue weighted by Gasteiger charge is -2.28. The van der Waals surface area contributed by atoms with Gasteiger partial charge < -0.3 is 14.9 Å². The average molecular weight is 314 g/mol. The molecule has 0 radical (unpaired) electrons. The van der Waals surface area contributed by atoms with Crippen molar-refractivity contribution < 1.29 is 19.5 Å². The van der Waals surface area contributed by atoms with Crippen molar-refractivity contribution in [3.05, 3.63) is 28.8 Å². The highest BCUT2D eigenvalue weighted by molar-refractivity contribution is 7.51. The number of aromatic hydroxyl groups is 1. The molecule has 0 fully saturated rings. The van der Waals surface area contributed by atoms with Crippen molar-refractivity contribution in [3.8, 4) is 5.75 Å². The summed E-state index contributed by atoms with van der Waals surface area (Å²) in [5.74, 6) is 0.287. The van der Waals surface area contributed by atoms with Gasteiger partial charge in [0.25, 0.3) is 0 Å². The third kappa shape index (κ3) is 5.14. The summed E-state index contributed by atoms with van der Waals surface area (Å²) >= 11 is 0. The summed E-state index contributed by atoms with van der Waals surface area (Å²) in [6.07, 6.45) is 0.127. The molecular weight excluding hydrogens is 287 g/mol. The molecule has 120 valence electrons. The van der Waals surface area contributed by atoms with Gasteiger partial charge in [-0.15, -0.1) is 0 Å². The van der Waals surface area contributed by atoms with Crippen LogP contribution in [-0.2, 0) is 21.8 Å². The molecule has 0 aliphatic carbocycles. The zero-order chi connectivity index (χ0) is 16.6. The molecule has 1 rings (SSSR count). The van der Waals surface area contributed by atoms with Crippen LogP contribution in [0, 0.1) is 0 Å². The van der Waals surface area contributed by atoms with Crippen LogP contribution in [0.5, 0.6) is 5.75 Å². The molecule has 4 nitrogen and oxygen atoms in total. The first-order chi connectivity index (χ1) is 9.22. The monoisotopic (exact) mass is 314 g/mol. The Labute approximate surface area is 127 Å². The van der Waals surface area contributed by atoms with E-state index < -0.39 is 7.60 Å². The van der Waals surface area contributed by atoms with Gasteiger partial charge in [0.15, 0.2) is 0 Å². The van der Waals surface area contributed by atoms with Gasteiger partial charge in [0, 0.05) is 0 Å². The van der Waals surface area contributed by atoms with E-state index in [2.05, 4.69) is 0 Å². The van der Waals surface area contributed by atoms with Crippen LogP contribution in [0.1, 0.15) is 58.2 Å². The van der Waals surface area contributed by atoms with Crippen LogP contribution in [-0.4, -0.2) is 21.1 Å². The highest BCUT2D eigenvalue weighted by Crippen LogP contribution is 2.41. The molecule has 0 aliphatic heterocycles. The van der Waals surface area contributed by atoms with Crippen molar-refractivity contribution in [2.24, 2.45) is 0 Å². The van der Waals surface area contributed by atoms with Gasteiger partial charge in [0.05, 0.1) is 6.16 Å². The van der Waals surface area contributed by atoms with Crippen LogP contribution >= 0.6 is 7.60 Å². The minimum Gasteiger partial charge on any atom is -0.507 e. The van der Waals surface area contributed by atoms with Gasteiger partial charge in [0.2, 0.25) is 0 Å². The molecule has 0 amide bonds. The van der Waals surface area contributed by atoms with E-state index in [-0.39, 0.29) is 22.7 Å². The Bertz CT molecular complexity index is 524. The smallest absolute Gasteiger partial charge is 0.325 e. The first-order valence-electron chi connectivity index (χ1n) is 7.13. The number of phenolic OH excluding ortho intramolecular Hbond substituents is 1. The van der Waals surface area contributed by atoms with Crippen molar-refractivity contribution in [3.63, 3.8) is 0 Å². The Morgan fingerprint density at radius 2 is 1.33 bits per heavy atom. The van der Waals surface area contributed by atoms with Crippen LogP contribution in [0.2, 0.25) is 0 Å². The quantitative estimate of drug-likeness (QED) is 0.743. The molecule has 21 heavy (non-hydrogen) atoms. The van der Waals surface area contributed by atoms with Crippen molar-refractivity contribution in [2.45, 2.75) is 58.8 Å². The van der Waals surface area contributed by atoms with Gasteiger partial charge >= 0.3 is 7.60 Å². The lowest BCUT2D eigenvalue weighted by atomic mass is 9.78. The number of benzene rings is 1. The molecule has 0 unspecified atom stereocenters. The molecule has 0 saturated heterocycles. The fraction of sp³-hybridized carbons (Fsp3) is 0.625. The molecule has 0 spiro atoms. The SMILES string of the molecule is CC(C)(C)c1cc(CCP(=O)(O)O)cc(C(C)(C)C)c1O. The van der Waals surface area contributed by atoms with E-state index in [0.29, 0.717) is 6.42 Å². The molecule has 1 aromatic rings. The van der Waals surface area contributed by atoms with Gasteiger partial charge in [-0.25, -0.2) is 0 Å². The molecule has 0 atom stereocenters. The maximum absolute atomic E-state index is 11.1. The third-order valence-electron chi connectivity index (χ3n) is 3.48. The van der Waals surface area contributed by atoms with Gasteiger partial charge in [0.1, 0.15) is 5.75 Å². The number of aryl methyl sites for hydroxylation is 1. The molecule has 0 heterocycles. The fourth-order valence-electron chi connectivity index (χ4n) is 2.26. The van der Waals surface area contributed by atoms with Crippen molar-refractivity contribution in [1.29, 1.82) is 0 Å². The summed E-state index contributed by atoms with van der Waals surface area (Å²) in [6.45, 7) is 12.1. The van der Waals surface area contributed by atoms with E-state index in [9.17, 15) is 9.67 Å². The predicted molar refractivity (Wildman–Crippen MR) is 86.1 cm³/mol. The maximum atomic E-state index is 11.1. The van der Waals surface area contributed by atoms with E-state index in [1.807, 2.05) is 53.7 Å². The summed E-state index contributed by atoms with van der Waals surface area (Å²) < 4.78 is 11.1. The number of hydrogen-bond acceptors (Lipinski definition) is 2. The van der Waals surface area contributed by atoms with E-state index >= 15 is 0 Å². The first kappa shape index (κ1) is 18.2. The summed E-state index contributed by atoms with van der Waals surface area (Å²) in [5, 5.41) is 10.6. The second kappa shape index (κ2) is 5.75. The third-order valence-corrected chi connectivity index (χ3v) is 4.28. The van der Waals surface area contributed by atoms with E-state index in [1.54, 1.807) is 0 Å². The molecule has 0 bridgehead atoms. The summed E-state index contributed by atoms with van der Waals surface area (Å²) in [4.78, 5) is 18.1. The largest absolute Gasteiger partial charge is 0.507 e. The summed E-state index contributed by atoms with van der Waals surface area (Å²) in [6, 6.07) is 3.72. The minimum atomic E-state index is -4.02. The van der Waals surface area contributed by atoms with E-state index in [4.69, 9.17) is 9.79 Å². The second-order valence-electron chi connectivity index (χ2n) is 7.68. The Hall–Kier alpha value is -0.830. The zero-order valence-electron chi connectivity index (χ0n) is 13.8. The number of hydrogen-bond donors (Lipinski definition) is 3. The minimum absolute atomic E-state index is 0.176. The summed E-state index contributed by atoms with van der Waals surface area (Å²) in [7, 11) is -4.02. The number of phenols is 1. The highest BCUT2D eigenvalue weighted by atomic mass is 31.2. The molecular formula is C16H27O4P. The van der Waals surface area contributed by atoms with Gasteiger partial charge in [-0.05, 0) is 33.9 Å². The van der Waals surface area contributed by atoms with Crippen molar-refractivity contribution in [2.75, 3.05) is 6.16 Å². The lowest BCUT2D eigenvalue weighted by Crippen LogP contribution is -2.18. The van der Waals surface area contributed by atoms with Crippen LogP contribution in [0.15, 0.2) is 12.1 Å². The first-order valence-corrected chi connectivity index (χ1v) is 8.93. The van der Waals surface area contributed by atoms with Gasteiger partial charge in [-0.3, -0.25) is 4.57 Å². The normalized spacial score (nSPS) is 13.5. The topological polar surface area (TPSA) is 77.8 Å². The second-order valence-corrected chi connectivity index (χ2v) is 9.45. The highest BCUT2D eigenvalue weighted by Gasteiger charge is 2.26. The van der Waals surface area contributed by atoms with Crippen molar-refractivity contribution >= 4 is 7.60 Å². The Morgan fingerprint density at radius 3 is 1.62 bits per heavy atom. The number of rotatable bonds is 3. The van der Waals surface area contributed by atoms with Crippen LogP contribution in [0.4, 0.5) is 0 Å². The molecule has 1 aromatic carbocycles. The lowest BCUT2D eigenvalue weighted by molar-refractivity contribution is 0.373. The van der Waals surface area contributed by atoms with Crippen LogP contribution in [0.25, 0.3) is 0 Å². The van der Waals surface area contributed by atoms with E-state index in [1.165, 1.54) is 0 Å². The predicted octanol–water partition coefficient (Wildman–Crippen LogP) is 3.71. The van der Waals surface area contributed by atoms with E-state index in [0.717, 1.165) is 16.7 Å². The maximum Gasteiger partial charge on any atom is 0.325 e. The Morgan fingerprint density at radius 1 is 0.952 bits per heavy atom. The molecule has 0 aliphatic rings. The molecule has 0 saturated carbocycles. The van der Waals surface area contributed by atoms with Crippen LogP contribution in [0.3, 0.4) is 0 Å². The van der Waals surface area contributed by atoms with Crippen LogP contribution < -0.4 is 0 Å². The van der Waals surface area contributed by atoms with Gasteiger partial charge in [-0.1, -0.05) is 53.7 Å². The Kier molecular flexibility index (Phi) is 4.99. The fourth-order valence-corrected chi connectivity index (χ4v) is 2.81. The van der Waals surface area contributed by atoms with Crippen molar-refractivity contribution in [1.82, 2.24) is 0 Å². The Balaban J connectivity index is 3.37. The summed E-state index contributed by atoms with van der Waals surface area (Å²) in [5.41, 5.74) is 2.02. The average Bonchev–Trinajstić information content (AvgIpc) is 2.23. The molecule has 0 aromatic heterocycles. The molecule has 5 heteroatoms. The standard InChI is InChI=1S/C16H27O4P/c1-15(2,3)12-9-11(7-8-21(18,19)20)10-13(14(12)17)16(4,5)6/h9-10,17H,7-8H2,1-6H3,(H2,18,19,20). The van der Waals surface area contributed by atoms with Gasteiger partial charge in [-0.2, -0.15) is 0 Å². The zero-order valence-corrected chi connectivity index (χ0v) is 14.7.